The number of hydrogen-bond donors (Lipinski definition) is 0. The van der Waals surface area contributed by atoms with Crippen molar-refractivity contribution in [1.82, 2.24) is 0 Å². The molecular weight excluding hydrogens is 327 g/mol. The lowest BCUT2D eigenvalue weighted by Crippen LogP contribution is -2.04. The van der Waals surface area contributed by atoms with E-state index in [-0.39, 0.29) is 10.6 Å². The van der Waals surface area contributed by atoms with Gasteiger partial charge in [0.05, 0.1) is 10.6 Å². The molecule has 6 heteroatoms. The average molecular weight is 335 g/mol. The van der Waals surface area contributed by atoms with Crippen LogP contribution in [-0.4, -0.2) is 8.42 Å². The summed E-state index contributed by atoms with van der Waals surface area (Å²) in [5.74, 6) is -0.648. The second-order valence-corrected chi connectivity index (χ2v) is 7.35. The lowest BCUT2D eigenvalue weighted by Gasteiger charge is -2.02. The van der Waals surface area contributed by atoms with Crippen LogP contribution < -0.4 is 0 Å². The Bertz CT molecular complexity index is 634. The SMILES string of the molecule is O=S(=O)(Cc1cc(Br)cs1)c1cccc(F)c1. The van der Waals surface area contributed by atoms with E-state index >= 15 is 0 Å². The lowest BCUT2D eigenvalue weighted by atomic mass is 10.4. The van der Waals surface area contributed by atoms with E-state index in [0.29, 0.717) is 0 Å². The van der Waals surface area contributed by atoms with Crippen molar-refractivity contribution in [3.63, 3.8) is 0 Å². The van der Waals surface area contributed by atoms with Crippen LogP contribution in [0.3, 0.4) is 0 Å². The van der Waals surface area contributed by atoms with Gasteiger partial charge in [-0.1, -0.05) is 6.07 Å². The van der Waals surface area contributed by atoms with Crippen molar-refractivity contribution in [3.8, 4) is 0 Å². The highest BCUT2D eigenvalue weighted by atomic mass is 79.9. The molecule has 1 aromatic carbocycles. The van der Waals surface area contributed by atoms with Crippen LogP contribution in [0, 0.1) is 5.82 Å². The molecule has 2 aromatic rings. The topological polar surface area (TPSA) is 34.1 Å². The standard InChI is InChI=1S/C11H8BrFO2S2/c12-8-4-10(16-6-8)7-17(14,15)11-3-1-2-9(13)5-11/h1-6H,7H2. The molecule has 0 N–H and O–H groups in total. The van der Waals surface area contributed by atoms with Gasteiger partial charge in [0, 0.05) is 14.7 Å². The van der Waals surface area contributed by atoms with Crippen LogP contribution in [0.2, 0.25) is 0 Å². The average Bonchev–Trinajstić information content (AvgIpc) is 2.63. The van der Waals surface area contributed by atoms with E-state index in [0.717, 1.165) is 15.4 Å². The van der Waals surface area contributed by atoms with Crippen molar-refractivity contribution >= 4 is 37.1 Å². The first-order chi connectivity index (χ1) is 7.97. The Balaban J connectivity index is 2.31. The van der Waals surface area contributed by atoms with Gasteiger partial charge in [-0.3, -0.25) is 0 Å². The summed E-state index contributed by atoms with van der Waals surface area (Å²) in [4.78, 5) is 0.739. The highest BCUT2D eigenvalue weighted by Gasteiger charge is 2.16. The second kappa shape index (κ2) is 4.88. The van der Waals surface area contributed by atoms with E-state index in [4.69, 9.17) is 0 Å². The minimum Gasteiger partial charge on any atom is -0.223 e. The van der Waals surface area contributed by atoms with Gasteiger partial charge < -0.3 is 0 Å². The molecule has 0 unspecified atom stereocenters. The van der Waals surface area contributed by atoms with E-state index < -0.39 is 15.7 Å². The molecule has 90 valence electrons. The van der Waals surface area contributed by atoms with Gasteiger partial charge in [-0.15, -0.1) is 11.3 Å². The first kappa shape index (κ1) is 12.7. The summed E-state index contributed by atoms with van der Waals surface area (Å²) in [6.45, 7) is 0. The number of thiophene rings is 1. The Morgan fingerprint density at radius 2 is 2.06 bits per heavy atom. The predicted octanol–water partition coefficient (Wildman–Crippen LogP) is 3.62. The van der Waals surface area contributed by atoms with E-state index in [2.05, 4.69) is 15.9 Å². The quantitative estimate of drug-likeness (QED) is 0.858. The minimum absolute atomic E-state index is 0.0158. The molecule has 0 bridgehead atoms. The van der Waals surface area contributed by atoms with Gasteiger partial charge in [0.15, 0.2) is 9.84 Å². The molecule has 17 heavy (non-hydrogen) atoms. The summed E-state index contributed by atoms with van der Waals surface area (Å²) in [6.07, 6.45) is 0. The maximum absolute atomic E-state index is 13.0. The molecule has 2 nitrogen and oxygen atoms in total. The van der Waals surface area contributed by atoms with Gasteiger partial charge >= 0.3 is 0 Å². The Kier molecular flexibility index (Phi) is 3.65. The van der Waals surface area contributed by atoms with Crippen LogP contribution in [0.4, 0.5) is 4.39 Å². The van der Waals surface area contributed by atoms with Gasteiger partial charge in [0.2, 0.25) is 0 Å². The highest BCUT2D eigenvalue weighted by Crippen LogP contribution is 2.24. The second-order valence-electron chi connectivity index (χ2n) is 3.45. The van der Waals surface area contributed by atoms with E-state index in [1.807, 2.05) is 5.38 Å². The third kappa shape index (κ3) is 3.14. The fourth-order valence-electron chi connectivity index (χ4n) is 1.36. The van der Waals surface area contributed by atoms with Crippen molar-refractivity contribution < 1.29 is 12.8 Å². The summed E-state index contributed by atoms with van der Waals surface area (Å²) in [5, 5.41) is 1.82. The predicted molar refractivity (Wildman–Crippen MR) is 69.3 cm³/mol. The maximum Gasteiger partial charge on any atom is 0.183 e. The highest BCUT2D eigenvalue weighted by molar-refractivity contribution is 9.10. The summed E-state index contributed by atoms with van der Waals surface area (Å²) >= 11 is 4.62. The fraction of sp³-hybridized carbons (Fsp3) is 0.0909. The van der Waals surface area contributed by atoms with Crippen LogP contribution in [0.25, 0.3) is 0 Å². The molecule has 0 spiro atoms. The summed E-state index contributed by atoms with van der Waals surface area (Å²) < 4.78 is 37.8. The van der Waals surface area contributed by atoms with Gasteiger partial charge in [0.1, 0.15) is 5.82 Å². The van der Waals surface area contributed by atoms with E-state index in [9.17, 15) is 12.8 Å². The Morgan fingerprint density at radius 3 is 2.65 bits per heavy atom. The fourth-order valence-corrected chi connectivity index (χ4v) is 4.54. The van der Waals surface area contributed by atoms with Crippen molar-refractivity contribution in [1.29, 1.82) is 0 Å². The monoisotopic (exact) mass is 334 g/mol. The summed E-state index contributed by atoms with van der Waals surface area (Å²) in [7, 11) is -3.47. The molecule has 0 amide bonds. The molecule has 0 radical (unpaired) electrons. The largest absolute Gasteiger partial charge is 0.223 e. The van der Waals surface area contributed by atoms with E-state index in [1.54, 1.807) is 6.07 Å². The summed E-state index contributed by atoms with van der Waals surface area (Å²) in [6, 6.07) is 6.81. The molecule has 0 saturated heterocycles. The minimum atomic E-state index is -3.47. The van der Waals surface area contributed by atoms with E-state index in [1.165, 1.54) is 29.5 Å². The molecule has 0 aliphatic rings. The summed E-state index contributed by atoms with van der Waals surface area (Å²) in [5.41, 5.74) is 0. The molecule has 0 atom stereocenters. The van der Waals surface area contributed by atoms with Crippen LogP contribution in [0.15, 0.2) is 45.1 Å². The van der Waals surface area contributed by atoms with Crippen molar-refractivity contribution in [2.75, 3.05) is 0 Å². The Labute approximate surface area is 111 Å². The first-order valence-corrected chi connectivity index (χ1v) is 8.01. The molecule has 0 aliphatic carbocycles. The van der Waals surface area contributed by atoms with Gasteiger partial charge in [-0.2, -0.15) is 0 Å². The van der Waals surface area contributed by atoms with Gasteiger partial charge in [-0.05, 0) is 40.2 Å². The van der Waals surface area contributed by atoms with Crippen molar-refractivity contribution in [3.05, 3.63) is 50.9 Å². The maximum atomic E-state index is 13.0. The van der Waals surface area contributed by atoms with Crippen LogP contribution in [0.1, 0.15) is 4.88 Å². The number of halogens is 2. The number of sulfone groups is 1. The molecule has 0 saturated carbocycles. The lowest BCUT2D eigenvalue weighted by molar-refractivity contribution is 0.590. The van der Waals surface area contributed by atoms with Crippen LogP contribution in [0.5, 0.6) is 0 Å². The Hall–Kier alpha value is -0.720. The normalized spacial score (nSPS) is 11.6. The van der Waals surface area contributed by atoms with Crippen LogP contribution >= 0.6 is 27.3 Å². The third-order valence-corrected chi connectivity index (χ3v) is 5.65. The zero-order chi connectivity index (χ0) is 12.5. The van der Waals surface area contributed by atoms with Crippen LogP contribution in [-0.2, 0) is 15.6 Å². The molecule has 1 aromatic heterocycles. The number of benzene rings is 1. The molecular formula is C11H8BrFO2S2. The molecule has 2 rings (SSSR count). The van der Waals surface area contributed by atoms with Gasteiger partial charge in [-0.25, -0.2) is 12.8 Å². The molecule has 0 aliphatic heterocycles. The van der Waals surface area contributed by atoms with Gasteiger partial charge in [0.25, 0.3) is 0 Å². The Morgan fingerprint density at radius 1 is 1.29 bits per heavy atom. The molecule has 1 heterocycles. The zero-order valence-electron chi connectivity index (χ0n) is 8.56. The first-order valence-electron chi connectivity index (χ1n) is 4.68. The van der Waals surface area contributed by atoms with Crippen molar-refractivity contribution in [2.45, 2.75) is 10.6 Å². The smallest absolute Gasteiger partial charge is 0.183 e. The number of rotatable bonds is 3. The zero-order valence-corrected chi connectivity index (χ0v) is 11.8. The van der Waals surface area contributed by atoms with Crippen molar-refractivity contribution in [2.24, 2.45) is 0 Å². The molecule has 0 fully saturated rings. The number of hydrogen-bond acceptors (Lipinski definition) is 3. The third-order valence-electron chi connectivity index (χ3n) is 2.11.